The summed E-state index contributed by atoms with van der Waals surface area (Å²) < 4.78 is 23.1. The quantitative estimate of drug-likeness (QED) is 0.162. The van der Waals surface area contributed by atoms with E-state index in [2.05, 4.69) is 0 Å². The molecule has 0 heterocycles. The van der Waals surface area contributed by atoms with Crippen LogP contribution in [0.1, 0.15) is 51.3 Å². The number of carbonyl (C=O) groups is 3. The zero-order chi connectivity index (χ0) is 29.6. The Morgan fingerprint density at radius 3 is 1.43 bits per heavy atom. The molecule has 0 radical (unpaired) electrons. The first kappa shape index (κ1) is 30.6. The molecule has 0 atom stereocenters. The third-order valence-electron chi connectivity index (χ3n) is 7.12. The second-order valence-corrected chi connectivity index (χ2v) is 10.8. The van der Waals surface area contributed by atoms with E-state index in [1.807, 2.05) is 78.9 Å². The molecule has 0 bridgehead atoms. The summed E-state index contributed by atoms with van der Waals surface area (Å²) in [4.78, 5) is 38.9. The summed E-state index contributed by atoms with van der Waals surface area (Å²) in [5, 5.41) is 0. The number of hydrogen-bond donors (Lipinski definition) is 0. The lowest BCUT2D eigenvalue weighted by atomic mass is 9.78. The van der Waals surface area contributed by atoms with Crippen molar-refractivity contribution in [3.05, 3.63) is 95.6 Å². The van der Waals surface area contributed by atoms with Gasteiger partial charge in [0.2, 0.25) is 0 Å². The van der Waals surface area contributed by atoms with Crippen LogP contribution in [-0.4, -0.2) is 45.0 Å². The van der Waals surface area contributed by atoms with Crippen molar-refractivity contribution in [2.24, 2.45) is 10.8 Å². The Hall–Kier alpha value is -3.97. The van der Waals surface area contributed by atoms with Crippen LogP contribution in [0.25, 0.3) is 0 Å². The van der Waals surface area contributed by atoms with Crippen molar-refractivity contribution in [3.63, 3.8) is 0 Å². The van der Waals surface area contributed by atoms with Gasteiger partial charge in [0.1, 0.15) is 40.7 Å². The maximum atomic E-state index is 13.1. The Labute approximate surface area is 236 Å². The van der Waals surface area contributed by atoms with Crippen LogP contribution in [0.2, 0.25) is 0 Å². The van der Waals surface area contributed by atoms with Crippen LogP contribution < -0.4 is 9.47 Å². The average Bonchev–Trinajstić information content (AvgIpc) is 2.95. The minimum Gasteiger partial charge on any atom is -0.497 e. The molecule has 212 valence electrons. The van der Waals surface area contributed by atoms with E-state index in [0.717, 1.165) is 16.7 Å². The van der Waals surface area contributed by atoms with Crippen LogP contribution >= 0.6 is 0 Å². The summed E-state index contributed by atoms with van der Waals surface area (Å²) in [6.07, 6.45) is 0. The minimum absolute atomic E-state index is 0.331. The predicted molar refractivity (Wildman–Crippen MR) is 152 cm³/mol. The van der Waals surface area contributed by atoms with Crippen LogP contribution in [0, 0.1) is 10.8 Å². The molecule has 3 aromatic rings. The molecule has 0 fully saturated rings. The molecule has 3 rings (SSSR count). The topological polar surface area (TPSA) is 88.1 Å². The molecule has 0 amide bonds. The van der Waals surface area contributed by atoms with Crippen molar-refractivity contribution in [1.82, 2.24) is 0 Å². The summed E-state index contributed by atoms with van der Waals surface area (Å²) in [6, 6.07) is 24.4. The number of benzene rings is 3. The minimum atomic E-state index is -1.71. The van der Waals surface area contributed by atoms with E-state index in [0.29, 0.717) is 11.5 Å². The summed E-state index contributed by atoms with van der Waals surface area (Å²) in [6.45, 7) is 7.02. The van der Waals surface area contributed by atoms with Crippen molar-refractivity contribution < 1.29 is 33.3 Å². The highest BCUT2D eigenvalue weighted by Crippen LogP contribution is 2.43. The highest BCUT2D eigenvalue weighted by atomic mass is 16.5. The lowest BCUT2D eigenvalue weighted by Gasteiger charge is -2.39. The van der Waals surface area contributed by atoms with E-state index >= 15 is 0 Å². The lowest BCUT2D eigenvalue weighted by molar-refractivity contribution is -0.165. The van der Waals surface area contributed by atoms with Gasteiger partial charge in [-0.15, -0.1) is 0 Å². The third-order valence-corrected chi connectivity index (χ3v) is 7.12. The fourth-order valence-corrected chi connectivity index (χ4v) is 4.41. The van der Waals surface area contributed by atoms with Crippen LogP contribution in [0.15, 0.2) is 78.9 Å². The van der Waals surface area contributed by atoms with Gasteiger partial charge in [-0.3, -0.25) is 14.4 Å². The second kappa shape index (κ2) is 12.5. The van der Waals surface area contributed by atoms with E-state index in [1.165, 1.54) is 13.8 Å². The van der Waals surface area contributed by atoms with Crippen molar-refractivity contribution in [3.8, 4) is 11.5 Å². The first-order valence-electron chi connectivity index (χ1n) is 13.1. The van der Waals surface area contributed by atoms with E-state index in [1.54, 1.807) is 35.0 Å². The summed E-state index contributed by atoms with van der Waals surface area (Å²) in [5.41, 5.74) is -1.49. The molecule has 3 aromatic carbocycles. The SMILES string of the molecule is COc1ccc(C(OCC(COC(=O)C(C)(C)C)(C(C)=O)C(C)=O)(c2ccccc2)c2ccc(OC)cc2)cc1. The summed E-state index contributed by atoms with van der Waals surface area (Å²) >= 11 is 0. The molecule has 7 heteroatoms. The average molecular weight is 547 g/mol. The Kier molecular flexibility index (Phi) is 9.53. The van der Waals surface area contributed by atoms with Gasteiger partial charge in [0.15, 0.2) is 0 Å². The summed E-state index contributed by atoms with van der Waals surface area (Å²) in [5.74, 6) is -0.0898. The van der Waals surface area contributed by atoms with Crippen LogP contribution in [0.3, 0.4) is 0 Å². The monoisotopic (exact) mass is 546 g/mol. The molecule has 7 nitrogen and oxygen atoms in total. The largest absolute Gasteiger partial charge is 0.497 e. The maximum absolute atomic E-state index is 13.1. The molecule has 40 heavy (non-hydrogen) atoms. The molecular weight excluding hydrogens is 508 g/mol. The van der Waals surface area contributed by atoms with Crippen molar-refractivity contribution in [1.29, 1.82) is 0 Å². The number of rotatable bonds is 12. The summed E-state index contributed by atoms with van der Waals surface area (Å²) in [7, 11) is 3.18. The van der Waals surface area contributed by atoms with Gasteiger partial charge in [0.25, 0.3) is 0 Å². The molecular formula is C33H38O7. The van der Waals surface area contributed by atoms with Gasteiger partial charge in [-0.1, -0.05) is 54.6 Å². The number of hydrogen-bond acceptors (Lipinski definition) is 7. The van der Waals surface area contributed by atoms with E-state index in [9.17, 15) is 14.4 Å². The molecule has 0 spiro atoms. The Balaban J connectivity index is 2.22. The van der Waals surface area contributed by atoms with E-state index in [4.69, 9.17) is 18.9 Å². The number of carbonyl (C=O) groups excluding carboxylic acids is 3. The standard InChI is InChI=1S/C33H38O7/c1-23(34)32(24(2)35,21-39-30(36)31(3,4)5)22-40-33(25-11-9-8-10-12-25,26-13-17-28(37-6)18-14-26)27-15-19-29(38-7)20-16-27/h8-20H,21-22H2,1-7H3. The first-order chi connectivity index (χ1) is 18.9. The molecule has 0 aliphatic carbocycles. The second-order valence-electron chi connectivity index (χ2n) is 10.8. The molecule has 0 unspecified atom stereocenters. The number of ketones is 2. The molecule has 0 saturated heterocycles. The number of methoxy groups -OCH3 is 2. The van der Waals surface area contributed by atoms with Gasteiger partial charge in [-0.2, -0.15) is 0 Å². The van der Waals surface area contributed by atoms with Crippen LogP contribution in [0.5, 0.6) is 11.5 Å². The van der Waals surface area contributed by atoms with Crippen molar-refractivity contribution in [2.45, 2.75) is 40.2 Å². The number of Topliss-reactive ketones (excluding diaryl/α,β-unsaturated/α-hetero) is 2. The van der Waals surface area contributed by atoms with Gasteiger partial charge in [0.05, 0.1) is 26.2 Å². The normalized spacial score (nSPS) is 12.0. The molecule has 0 saturated carbocycles. The first-order valence-corrected chi connectivity index (χ1v) is 13.1. The third kappa shape index (κ3) is 6.26. The molecule has 0 aromatic heterocycles. The van der Waals surface area contributed by atoms with Gasteiger partial charge >= 0.3 is 5.97 Å². The fourth-order valence-electron chi connectivity index (χ4n) is 4.41. The van der Waals surface area contributed by atoms with Gasteiger partial charge in [-0.05, 0) is 75.6 Å². The Morgan fingerprint density at radius 2 is 1.05 bits per heavy atom. The van der Waals surface area contributed by atoms with Gasteiger partial charge in [0, 0.05) is 0 Å². The highest BCUT2D eigenvalue weighted by molar-refractivity contribution is 6.05. The Morgan fingerprint density at radius 1 is 0.625 bits per heavy atom. The lowest BCUT2D eigenvalue weighted by Crippen LogP contribution is -2.49. The zero-order valence-electron chi connectivity index (χ0n) is 24.3. The predicted octanol–water partition coefficient (Wildman–Crippen LogP) is 5.77. The van der Waals surface area contributed by atoms with Crippen molar-refractivity contribution in [2.75, 3.05) is 27.4 Å². The van der Waals surface area contributed by atoms with Crippen molar-refractivity contribution >= 4 is 17.5 Å². The number of ether oxygens (including phenoxy) is 4. The van der Waals surface area contributed by atoms with E-state index < -0.39 is 40.6 Å². The van der Waals surface area contributed by atoms with Crippen LogP contribution in [-0.2, 0) is 29.5 Å². The maximum Gasteiger partial charge on any atom is 0.311 e. The molecule has 0 aliphatic heterocycles. The Bertz CT molecular complexity index is 1240. The highest BCUT2D eigenvalue weighted by Gasteiger charge is 2.47. The van der Waals surface area contributed by atoms with E-state index in [-0.39, 0.29) is 6.61 Å². The zero-order valence-corrected chi connectivity index (χ0v) is 24.3. The van der Waals surface area contributed by atoms with Gasteiger partial charge < -0.3 is 18.9 Å². The number of esters is 1. The fraction of sp³-hybridized carbons (Fsp3) is 0.364. The molecule has 0 N–H and O–H groups in total. The molecule has 0 aliphatic rings. The van der Waals surface area contributed by atoms with Gasteiger partial charge in [-0.25, -0.2) is 0 Å². The van der Waals surface area contributed by atoms with Crippen LogP contribution in [0.4, 0.5) is 0 Å². The smallest absolute Gasteiger partial charge is 0.311 e.